The second-order valence-electron chi connectivity index (χ2n) is 10.5. The van der Waals surface area contributed by atoms with E-state index < -0.39 is 11.7 Å². The number of thiophene rings is 1. The number of nitrogens with zero attached hydrogens (tertiary/aromatic N) is 3. The van der Waals surface area contributed by atoms with Gasteiger partial charge in [0.25, 0.3) is 0 Å². The first-order valence-corrected chi connectivity index (χ1v) is 14.1. The van der Waals surface area contributed by atoms with E-state index in [4.69, 9.17) is 5.73 Å². The van der Waals surface area contributed by atoms with Crippen molar-refractivity contribution in [2.75, 3.05) is 31.2 Å². The van der Waals surface area contributed by atoms with Crippen LogP contribution in [-0.4, -0.2) is 35.0 Å². The number of alkyl halides is 3. The molecule has 0 unspecified atom stereocenters. The maximum absolute atomic E-state index is 14.1. The lowest BCUT2D eigenvalue weighted by atomic mass is 9.87. The lowest BCUT2D eigenvalue weighted by Crippen LogP contribution is -2.31. The summed E-state index contributed by atoms with van der Waals surface area (Å²) in [6.45, 7) is 7.90. The van der Waals surface area contributed by atoms with Gasteiger partial charge in [-0.2, -0.15) is 13.2 Å². The van der Waals surface area contributed by atoms with Gasteiger partial charge in [0, 0.05) is 22.3 Å². The molecule has 1 fully saturated rings. The Morgan fingerprint density at radius 3 is 2.62 bits per heavy atom. The van der Waals surface area contributed by atoms with E-state index in [-0.39, 0.29) is 5.92 Å². The first-order chi connectivity index (χ1) is 19.1. The van der Waals surface area contributed by atoms with E-state index in [9.17, 15) is 13.2 Å². The first kappa shape index (κ1) is 27.9. The summed E-state index contributed by atoms with van der Waals surface area (Å²) < 4.78 is 43.1. The molecule has 2 aromatic heterocycles. The molecule has 0 atom stereocenters. The van der Waals surface area contributed by atoms with Crippen LogP contribution >= 0.6 is 11.3 Å². The largest absolute Gasteiger partial charge is 0.416 e. The molecule has 0 radical (unpaired) electrons. The van der Waals surface area contributed by atoms with E-state index in [0.29, 0.717) is 29.1 Å². The van der Waals surface area contributed by atoms with Crippen molar-refractivity contribution in [3.8, 4) is 0 Å². The number of piperidine rings is 1. The monoisotopic (exact) mass is 563 g/mol. The van der Waals surface area contributed by atoms with Crippen LogP contribution in [0.15, 0.2) is 54.7 Å². The number of likely N-dealkylation sites (tertiary alicyclic amines) is 1. The average molecular weight is 564 g/mol. The van der Waals surface area contributed by atoms with E-state index in [1.54, 1.807) is 12.1 Å². The van der Waals surface area contributed by atoms with Crippen LogP contribution in [-0.2, 0) is 12.6 Å². The highest BCUT2D eigenvalue weighted by Gasteiger charge is 2.34. The summed E-state index contributed by atoms with van der Waals surface area (Å²) in [7, 11) is 2.05. The third-order valence-corrected chi connectivity index (χ3v) is 8.55. The summed E-state index contributed by atoms with van der Waals surface area (Å²) >= 11 is 1.50. The normalized spacial score (nSPS) is 15.2. The number of aromatic nitrogens is 2. The van der Waals surface area contributed by atoms with E-state index in [1.807, 2.05) is 42.7 Å². The molecule has 0 bridgehead atoms. The first-order valence-electron chi connectivity index (χ1n) is 13.2. The van der Waals surface area contributed by atoms with Crippen molar-refractivity contribution in [1.82, 2.24) is 14.9 Å². The maximum atomic E-state index is 14.1. The Morgan fingerprint density at radius 1 is 1.12 bits per heavy atom. The van der Waals surface area contributed by atoms with Crippen molar-refractivity contribution in [3.63, 3.8) is 0 Å². The molecule has 3 heterocycles. The Labute approximate surface area is 236 Å². The lowest BCUT2D eigenvalue weighted by molar-refractivity contribution is -0.138. The van der Waals surface area contributed by atoms with Crippen LogP contribution in [0.2, 0.25) is 0 Å². The summed E-state index contributed by atoms with van der Waals surface area (Å²) in [5, 5.41) is 5.19. The minimum atomic E-state index is -4.43. The van der Waals surface area contributed by atoms with E-state index in [1.165, 1.54) is 23.7 Å². The molecule has 1 aliphatic rings. The molecule has 208 valence electrons. The van der Waals surface area contributed by atoms with Gasteiger partial charge in [-0.15, -0.1) is 11.3 Å². The molecule has 2 aromatic carbocycles. The predicted molar refractivity (Wildman–Crippen MR) is 160 cm³/mol. The molecule has 0 aliphatic carbocycles. The summed E-state index contributed by atoms with van der Waals surface area (Å²) in [6.07, 6.45) is 3.26. The maximum Gasteiger partial charge on any atom is 0.416 e. The van der Waals surface area contributed by atoms with Gasteiger partial charge < -0.3 is 16.0 Å². The Kier molecular flexibility index (Phi) is 7.96. The topological polar surface area (TPSA) is 67.1 Å². The fourth-order valence-electron chi connectivity index (χ4n) is 5.11. The number of aryl methyl sites for hydroxylation is 1. The minimum Gasteiger partial charge on any atom is -0.382 e. The van der Waals surface area contributed by atoms with E-state index in [2.05, 4.69) is 33.8 Å². The molecule has 4 aromatic rings. The SMILES string of the molecule is C=C(Nc1ccc(C)c(/C=C/c2csc3c(N)ncnc23)c1)c1ccc(CC2CCN(C)CC2)c(C(F)(F)F)c1. The van der Waals surface area contributed by atoms with Crippen LogP contribution in [0.3, 0.4) is 0 Å². The Balaban J connectivity index is 1.34. The standard InChI is InChI=1S/C31H32F3N5S/c1-19-4-9-26(15-22(19)5-8-25-17-40-29-28(25)36-18-37-30(29)35)38-20(2)23-6-7-24(27(16-23)31(32,33)34)14-21-10-12-39(3)13-11-21/h4-9,15-18,21,38H,2,10-14H2,1,3H3,(H2,35,36,37)/b8-5+. The number of nitrogen functional groups attached to an aromatic ring is 1. The van der Waals surface area contributed by atoms with Gasteiger partial charge in [-0.05, 0) is 92.7 Å². The molecule has 0 spiro atoms. The van der Waals surface area contributed by atoms with Crippen LogP contribution in [0.25, 0.3) is 28.1 Å². The van der Waals surface area contributed by atoms with Gasteiger partial charge in [0.1, 0.15) is 12.1 Å². The number of hydrogen-bond acceptors (Lipinski definition) is 6. The van der Waals surface area contributed by atoms with Gasteiger partial charge in [-0.25, -0.2) is 9.97 Å². The number of nitrogens with one attached hydrogen (secondary N) is 1. The zero-order valence-electron chi connectivity index (χ0n) is 22.6. The van der Waals surface area contributed by atoms with Gasteiger partial charge in [0.2, 0.25) is 0 Å². The molecule has 3 N–H and O–H groups in total. The third-order valence-electron chi connectivity index (χ3n) is 7.54. The van der Waals surface area contributed by atoms with Crippen LogP contribution in [0.5, 0.6) is 0 Å². The van der Waals surface area contributed by atoms with Crippen molar-refractivity contribution in [3.05, 3.63) is 88.1 Å². The fourth-order valence-corrected chi connectivity index (χ4v) is 6.00. The molecule has 5 nitrogen and oxygen atoms in total. The summed E-state index contributed by atoms with van der Waals surface area (Å²) in [5.41, 5.74) is 11.1. The number of rotatable bonds is 7. The second-order valence-corrected chi connectivity index (χ2v) is 11.3. The van der Waals surface area contributed by atoms with Crippen LogP contribution < -0.4 is 11.1 Å². The molecule has 0 saturated carbocycles. The van der Waals surface area contributed by atoms with Gasteiger partial charge in [-0.3, -0.25) is 0 Å². The molecule has 1 aliphatic heterocycles. The quantitative estimate of drug-likeness (QED) is 0.241. The molecular formula is C31H32F3N5S. The minimum absolute atomic E-state index is 0.264. The highest BCUT2D eigenvalue weighted by Crippen LogP contribution is 2.36. The second kappa shape index (κ2) is 11.4. The lowest BCUT2D eigenvalue weighted by Gasteiger charge is -2.29. The number of hydrogen-bond donors (Lipinski definition) is 2. The molecule has 40 heavy (non-hydrogen) atoms. The number of anilines is 2. The van der Waals surface area contributed by atoms with Crippen molar-refractivity contribution < 1.29 is 13.2 Å². The zero-order chi connectivity index (χ0) is 28.4. The van der Waals surface area contributed by atoms with E-state index >= 15 is 0 Å². The molecule has 9 heteroatoms. The van der Waals surface area contributed by atoms with E-state index in [0.717, 1.165) is 58.5 Å². The number of nitrogens with two attached hydrogens (primary N) is 1. The Morgan fingerprint density at radius 2 is 1.88 bits per heavy atom. The van der Waals surface area contributed by atoms with Crippen molar-refractivity contribution in [1.29, 1.82) is 0 Å². The zero-order valence-corrected chi connectivity index (χ0v) is 23.4. The van der Waals surface area contributed by atoms with Crippen molar-refractivity contribution in [2.45, 2.75) is 32.4 Å². The molecule has 0 amide bonds. The van der Waals surface area contributed by atoms with Crippen LogP contribution in [0, 0.1) is 12.8 Å². The summed E-state index contributed by atoms with van der Waals surface area (Å²) in [4.78, 5) is 10.6. The van der Waals surface area contributed by atoms with Crippen molar-refractivity contribution >= 4 is 50.9 Å². The van der Waals surface area contributed by atoms with Gasteiger partial charge >= 0.3 is 6.18 Å². The number of halogens is 3. The molecular weight excluding hydrogens is 531 g/mol. The van der Waals surface area contributed by atoms with Gasteiger partial charge in [-0.1, -0.05) is 36.9 Å². The highest BCUT2D eigenvalue weighted by molar-refractivity contribution is 7.18. The average Bonchev–Trinajstić information content (AvgIpc) is 3.34. The highest BCUT2D eigenvalue weighted by atomic mass is 32.1. The number of fused-ring (bicyclic) bond motifs is 1. The fraction of sp³-hybridized carbons (Fsp3) is 0.290. The smallest absolute Gasteiger partial charge is 0.382 e. The summed E-state index contributed by atoms with van der Waals surface area (Å²) in [5.74, 6) is 0.722. The van der Waals surface area contributed by atoms with Crippen LogP contribution in [0.4, 0.5) is 24.7 Å². The van der Waals surface area contributed by atoms with Gasteiger partial charge in [0.15, 0.2) is 0 Å². The predicted octanol–water partition coefficient (Wildman–Crippen LogP) is 7.74. The molecule has 5 rings (SSSR count). The third kappa shape index (κ3) is 6.21. The Bertz CT molecular complexity index is 1570. The van der Waals surface area contributed by atoms with Crippen molar-refractivity contribution in [2.24, 2.45) is 5.92 Å². The van der Waals surface area contributed by atoms with Crippen LogP contribution in [0.1, 0.15) is 46.2 Å². The van der Waals surface area contributed by atoms with Gasteiger partial charge in [0.05, 0.1) is 15.8 Å². The number of benzene rings is 2. The summed E-state index contributed by atoms with van der Waals surface area (Å²) in [6, 6.07) is 10.4. The Hall–Kier alpha value is -3.69. The molecule has 1 saturated heterocycles.